The van der Waals surface area contributed by atoms with Gasteiger partial charge in [0, 0.05) is 10.5 Å². The van der Waals surface area contributed by atoms with Crippen molar-refractivity contribution in [3.63, 3.8) is 0 Å². The number of aliphatic carboxylic acids is 1. The molecule has 4 N–H and O–H groups in total. The van der Waals surface area contributed by atoms with Crippen molar-refractivity contribution in [1.82, 2.24) is 0 Å². The zero-order chi connectivity index (χ0) is 11.4. The quantitative estimate of drug-likeness (QED) is 0.439. The van der Waals surface area contributed by atoms with Crippen LogP contribution in [-0.2, 0) is 4.79 Å². The number of nitrogens with one attached hydrogen (secondary N) is 1. The third kappa shape index (κ3) is 4.08. The van der Waals surface area contributed by atoms with Crippen molar-refractivity contribution < 1.29 is 14.3 Å². The van der Waals surface area contributed by atoms with Crippen LogP contribution in [0.4, 0.5) is 4.39 Å². The Bertz CT molecular complexity index is 414. The number of thioether (sulfide) groups is 1. The molecule has 7 heteroatoms. The molecule has 0 saturated heterocycles. The van der Waals surface area contributed by atoms with Crippen LogP contribution in [-0.4, -0.2) is 22.7 Å². The fourth-order valence-corrected chi connectivity index (χ4v) is 1.56. The van der Waals surface area contributed by atoms with Crippen LogP contribution in [0, 0.1) is 11.2 Å². The van der Waals surface area contributed by atoms with Gasteiger partial charge in [0.25, 0.3) is 0 Å². The van der Waals surface area contributed by atoms with E-state index in [1.54, 1.807) is 0 Å². The average Bonchev–Trinajstić information content (AvgIpc) is 2.15. The number of benzene rings is 1. The van der Waals surface area contributed by atoms with E-state index in [0.717, 1.165) is 17.8 Å². The highest BCUT2D eigenvalue weighted by atomic mass is 35.5. The predicted molar refractivity (Wildman–Crippen MR) is 63.0 cm³/mol. The fraction of sp³-hybridized carbons (Fsp3) is 0.111. The molecule has 0 saturated carbocycles. The minimum Gasteiger partial charge on any atom is -0.481 e. The maximum Gasteiger partial charge on any atom is 0.313 e. The third-order valence-electron chi connectivity index (χ3n) is 1.59. The predicted octanol–water partition coefficient (Wildman–Crippen LogP) is 1.71. The average molecular weight is 265 g/mol. The van der Waals surface area contributed by atoms with Crippen LogP contribution in [0.5, 0.6) is 0 Å². The molecule has 0 aliphatic rings. The van der Waals surface area contributed by atoms with E-state index in [2.05, 4.69) is 0 Å². The summed E-state index contributed by atoms with van der Waals surface area (Å²) in [4.78, 5) is 10.5. The molecule has 0 radical (unpaired) electrons. The lowest BCUT2D eigenvalue weighted by Crippen LogP contribution is -2.11. The van der Waals surface area contributed by atoms with E-state index in [-0.39, 0.29) is 34.5 Å². The summed E-state index contributed by atoms with van der Waals surface area (Å²) in [5.41, 5.74) is 5.46. The molecule has 1 aromatic rings. The lowest BCUT2D eigenvalue weighted by atomic mass is 10.2. The standard InChI is InChI=1S/C9H9FN2O2S.ClH/c10-6-3-5(9(11)12)1-2-7(6)15-4-8(13)14;/h1-3H,4H2,(H3,11,12)(H,13,14);1H. The topological polar surface area (TPSA) is 87.2 Å². The van der Waals surface area contributed by atoms with Gasteiger partial charge in [0.2, 0.25) is 0 Å². The van der Waals surface area contributed by atoms with Crippen LogP contribution in [0.3, 0.4) is 0 Å². The second kappa shape index (κ2) is 6.34. The summed E-state index contributed by atoms with van der Waals surface area (Å²) in [6.45, 7) is 0. The van der Waals surface area contributed by atoms with Gasteiger partial charge >= 0.3 is 5.97 Å². The van der Waals surface area contributed by atoms with Crippen LogP contribution in [0.15, 0.2) is 23.1 Å². The molecule has 0 heterocycles. The molecule has 0 unspecified atom stereocenters. The molecular formula is C9H10ClFN2O2S. The zero-order valence-corrected chi connectivity index (χ0v) is 9.70. The minimum atomic E-state index is -1.00. The molecule has 88 valence electrons. The Labute approximate surface area is 102 Å². The van der Waals surface area contributed by atoms with Gasteiger partial charge in [-0.3, -0.25) is 10.2 Å². The Hall–Kier alpha value is -1.27. The number of hydrogen-bond donors (Lipinski definition) is 3. The number of nitrogens with two attached hydrogens (primary N) is 1. The van der Waals surface area contributed by atoms with Gasteiger partial charge in [0.15, 0.2) is 0 Å². The molecule has 0 aromatic heterocycles. The molecule has 0 spiro atoms. The van der Waals surface area contributed by atoms with Crippen molar-refractivity contribution in [1.29, 1.82) is 5.41 Å². The van der Waals surface area contributed by atoms with Gasteiger partial charge in [-0.15, -0.1) is 24.2 Å². The maximum atomic E-state index is 13.3. The van der Waals surface area contributed by atoms with Crippen LogP contribution < -0.4 is 5.73 Å². The molecule has 1 rings (SSSR count). The molecule has 0 amide bonds. The van der Waals surface area contributed by atoms with Crippen molar-refractivity contribution in [2.75, 3.05) is 5.75 Å². The van der Waals surface area contributed by atoms with Gasteiger partial charge < -0.3 is 10.8 Å². The van der Waals surface area contributed by atoms with Gasteiger partial charge in [-0.25, -0.2) is 4.39 Å². The van der Waals surface area contributed by atoms with Crippen molar-refractivity contribution in [3.05, 3.63) is 29.6 Å². The molecule has 0 fully saturated rings. The number of nitrogen functional groups attached to an aromatic ring is 1. The summed E-state index contributed by atoms with van der Waals surface area (Å²) < 4.78 is 13.3. The Morgan fingerprint density at radius 2 is 2.19 bits per heavy atom. The van der Waals surface area contributed by atoms with Gasteiger partial charge in [-0.1, -0.05) is 0 Å². The lowest BCUT2D eigenvalue weighted by Gasteiger charge is -2.03. The van der Waals surface area contributed by atoms with E-state index in [9.17, 15) is 9.18 Å². The molecule has 0 bridgehead atoms. The smallest absolute Gasteiger partial charge is 0.313 e. The highest BCUT2D eigenvalue weighted by Crippen LogP contribution is 2.22. The molecule has 1 aromatic carbocycles. The second-order valence-corrected chi connectivity index (χ2v) is 3.76. The number of carboxylic acids is 1. The lowest BCUT2D eigenvalue weighted by molar-refractivity contribution is -0.133. The first-order chi connectivity index (χ1) is 7.00. The number of halogens is 2. The Kier molecular flexibility index (Phi) is 5.84. The largest absolute Gasteiger partial charge is 0.481 e. The molecule has 0 atom stereocenters. The van der Waals surface area contributed by atoms with E-state index in [0.29, 0.717) is 0 Å². The number of amidine groups is 1. The van der Waals surface area contributed by atoms with Gasteiger partial charge in [-0.2, -0.15) is 0 Å². The monoisotopic (exact) mass is 264 g/mol. The van der Waals surface area contributed by atoms with Gasteiger partial charge in [0.1, 0.15) is 11.7 Å². The highest BCUT2D eigenvalue weighted by Gasteiger charge is 2.07. The number of carboxylic acid groups (broad SMARTS) is 1. The van der Waals surface area contributed by atoms with E-state index < -0.39 is 11.8 Å². The SMILES string of the molecule is Cl.N=C(N)c1ccc(SCC(=O)O)c(F)c1. The van der Waals surface area contributed by atoms with E-state index >= 15 is 0 Å². The highest BCUT2D eigenvalue weighted by molar-refractivity contribution is 8.00. The van der Waals surface area contributed by atoms with Gasteiger partial charge in [-0.05, 0) is 18.2 Å². The van der Waals surface area contributed by atoms with Crippen molar-refractivity contribution >= 4 is 36.0 Å². The summed E-state index contributed by atoms with van der Waals surface area (Å²) in [5.74, 6) is -1.98. The first-order valence-electron chi connectivity index (χ1n) is 3.99. The Morgan fingerprint density at radius 1 is 1.56 bits per heavy atom. The van der Waals surface area contributed by atoms with Crippen LogP contribution in [0.2, 0.25) is 0 Å². The summed E-state index contributed by atoms with van der Waals surface area (Å²) in [5, 5.41) is 15.5. The fourth-order valence-electron chi connectivity index (χ4n) is 0.925. The third-order valence-corrected chi connectivity index (χ3v) is 2.63. The van der Waals surface area contributed by atoms with Crippen LogP contribution >= 0.6 is 24.2 Å². The second-order valence-electron chi connectivity index (χ2n) is 2.74. The van der Waals surface area contributed by atoms with E-state index in [1.165, 1.54) is 12.1 Å². The summed E-state index contributed by atoms with van der Waals surface area (Å²) in [6.07, 6.45) is 0. The molecular weight excluding hydrogens is 255 g/mol. The first-order valence-corrected chi connectivity index (χ1v) is 4.98. The molecule has 16 heavy (non-hydrogen) atoms. The first kappa shape index (κ1) is 14.7. The van der Waals surface area contributed by atoms with Gasteiger partial charge in [0.05, 0.1) is 5.75 Å². The van der Waals surface area contributed by atoms with Crippen LogP contribution in [0.1, 0.15) is 5.56 Å². The maximum absolute atomic E-state index is 13.3. The van der Waals surface area contributed by atoms with Crippen molar-refractivity contribution in [3.8, 4) is 0 Å². The van der Waals surface area contributed by atoms with Crippen LogP contribution in [0.25, 0.3) is 0 Å². The zero-order valence-electron chi connectivity index (χ0n) is 8.07. The normalized spacial score (nSPS) is 9.31. The number of rotatable bonds is 4. The molecule has 0 aliphatic heterocycles. The van der Waals surface area contributed by atoms with E-state index in [4.69, 9.17) is 16.2 Å². The molecule has 4 nitrogen and oxygen atoms in total. The Balaban J connectivity index is 0.00000225. The summed E-state index contributed by atoms with van der Waals surface area (Å²) in [6, 6.07) is 4.02. The minimum absolute atomic E-state index is 0. The Morgan fingerprint density at radius 3 is 2.62 bits per heavy atom. The number of carbonyl (C=O) groups is 1. The summed E-state index contributed by atoms with van der Waals surface area (Å²) in [7, 11) is 0. The number of hydrogen-bond acceptors (Lipinski definition) is 3. The van der Waals surface area contributed by atoms with E-state index in [1.807, 2.05) is 0 Å². The molecule has 0 aliphatic carbocycles. The summed E-state index contributed by atoms with van der Waals surface area (Å²) >= 11 is 0.890. The van der Waals surface area contributed by atoms with Crippen molar-refractivity contribution in [2.24, 2.45) is 5.73 Å². The van der Waals surface area contributed by atoms with Crippen molar-refractivity contribution in [2.45, 2.75) is 4.90 Å².